The van der Waals surface area contributed by atoms with E-state index in [-0.39, 0.29) is 5.97 Å². The molecule has 0 aliphatic carbocycles. The molecule has 4 heteroatoms. The van der Waals surface area contributed by atoms with Gasteiger partial charge in [-0.1, -0.05) is 0 Å². The third kappa shape index (κ3) is 6.43. The van der Waals surface area contributed by atoms with Crippen LogP contribution in [0.3, 0.4) is 0 Å². The zero-order valence-corrected chi connectivity index (χ0v) is 12.9. The van der Waals surface area contributed by atoms with Crippen molar-refractivity contribution in [3.63, 3.8) is 0 Å². The molecule has 0 aliphatic heterocycles. The van der Waals surface area contributed by atoms with Crippen molar-refractivity contribution in [1.82, 2.24) is 0 Å². The Bertz CT molecular complexity index is 427. The molecule has 0 fully saturated rings. The zero-order chi connectivity index (χ0) is 14.3. The second-order valence-electron chi connectivity index (χ2n) is 5.27. The van der Waals surface area contributed by atoms with Crippen LogP contribution in [0.4, 0.5) is 0 Å². The number of ether oxygens (including phenoxy) is 2. The van der Waals surface area contributed by atoms with Gasteiger partial charge in [0.2, 0.25) is 0 Å². The molecule has 0 amide bonds. The number of allylic oxidation sites excluding steroid dienone is 1. The minimum atomic E-state index is -0.438. The van der Waals surface area contributed by atoms with Gasteiger partial charge in [0.15, 0.2) is 0 Å². The number of aryl methyl sites for hydroxylation is 1. The van der Waals surface area contributed by atoms with E-state index in [0.29, 0.717) is 4.88 Å². The average Bonchev–Trinajstić information content (AvgIpc) is 2.75. The molecule has 1 rings (SSSR count). The molecule has 0 atom stereocenters. The normalized spacial score (nSPS) is 11.8. The van der Waals surface area contributed by atoms with Crippen LogP contribution in [0.15, 0.2) is 24.5 Å². The molecule has 0 aromatic carbocycles. The Hall–Kier alpha value is -1.29. The molecule has 0 unspecified atom stereocenters. The van der Waals surface area contributed by atoms with Crippen molar-refractivity contribution in [3.8, 4) is 0 Å². The summed E-state index contributed by atoms with van der Waals surface area (Å²) in [5.41, 5.74) is -0.438. The van der Waals surface area contributed by atoms with Gasteiger partial charge in [-0.3, -0.25) is 0 Å². The lowest BCUT2D eigenvalue weighted by atomic mass is 10.2. The minimum Gasteiger partial charge on any atom is -0.505 e. The van der Waals surface area contributed by atoms with Gasteiger partial charge in [-0.15, -0.1) is 11.3 Å². The molecule has 0 saturated carbocycles. The summed E-state index contributed by atoms with van der Waals surface area (Å²) in [6, 6.07) is 3.85. The van der Waals surface area contributed by atoms with E-state index < -0.39 is 5.60 Å². The molecule has 1 aromatic heterocycles. The lowest BCUT2D eigenvalue weighted by Crippen LogP contribution is -2.23. The Morgan fingerprint density at radius 1 is 1.37 bits per heavy atom. The lowest BCUT2D eigenvalue weighted by Gasteiger charge is -2.18. The van der Waals surface area contributed by atoms with Crippen LogP contribution in [0.25, 0.3) is 0 Å². The summed E-state index contributed by atoms with van der Waals surface area (Å²) in [6.45, 7) is 5.63. The van der Waals surface area contributed by atoms with E-state index in [4.69, 9.17) is 9.47 Å². The first-order chi connectivity index (χ1) is 8.92. The van der Waals surface area contributed by atoms with E-state index in [9.17, 15) is 4.79 Å². The van der Waals surface area contributed by atoms with Crippen molar-refractivity contribution in [2.75, 3.05) is 7.11 Å². The summed E-state index contributed by atoms with van der Waals surface area (Å²) in [4.78, 5) is 13.7. The van der Waals surface area contributed by atoms with Crippen LogP contribution >= 0.6 is 11.3 Å². The summed E-state index contributed by atoms with van der Waals surface area (Å²) in [5.74, 6) is -0.233. The van der Waals surface area contributed by atoms with Gasteiger partial charge in [0.1, 0.15) is 10.5 Å². The number of carbonyl (C=O) groups is 1. The molecule has 1 heterocycles. The largest absolute Gasteiger partial charge is 0.505 e. The van der Waals surface area contributed by atoms with Crippen LogP contribution in [0.2, 0.25) is 0 Å². The van der Waals surface area contributed by atoms with Crippen LogP contribution in [-0.2, 0) is 15.9 Å². The van der Waals surface area contributed by atoms with Crippen molar-refractivity contribution in [2.24, 2.45) is 0 Å². The Balaban J connectivity index is 2.44. The van der Waals surface area contributed by atoms with Crippen LogP contribution < -0.4 is 0 Å². The fourth-order valence-corrected chi connectivity index (χ4v) is 2.43. The zero-order valence-electron chi connectivity index (χ0n) is 12.1. The van der Waals surface area contributed by atoms with Crippen LogP contribution in [0, 0.1) is 0 Å². The molecule has 0 spiro atoms. The Morgan fingerprint density at radius 2 is 2.11 bits per heavy atom. The van der Waals surface area contributed by atoms with Gasteiger partial charge >= 0.3 is 5.97 Å². The van der Waals surface area contributed by atoms with Gasteiger partial charge in [0.05, 0.1) is 13.4 Å². The fraction of sp³-hybridized carbons (Fsp3) is 0.533. The quantitative estimate of drug-likeness (QED) is 0.446. The summed E-state index contributed by atoms with van der Waals surface area (Å²) in [6.07, 6.45) is 6.70. The molecule has 3 nitrogen and oxygen atoms in total. The van der Waals surface area contributed by atoms with E-state index >= 15 is 0 Å². The highest BCUT2D eigenvalue weighted by atomic mass is 32.1. The van der Waals surface area contributed by atoms with Crippen molar-refractivity contribution < 1.29 is 14.3 Å². The van der Waals surface area contributed by atoms with Gasteiger partial charge < -0.3 is 9.47 Å². The first-order valence-electron chi connectivity index (χ1n) is 6.42. The smallest absolute Gasteiger partial charge is 0.348 e. The van der Waals surface area contributed by atoms with Crippen molar-refractivity contribution in [2.45, 2.75) is 45.6 Å². The minimum absolute atomic E-state index is 0.233. The molecule has 106 valence electrons. The van der Waals surface area contributed by atoms with E-state index in [1.165, 1.54) is 16.2 Å². The number of esters is 1. The number of carbonyl (C=O) groups excluding carboxylic acids is 1. The van der Waals surface area contributed by atoms with Gasteiger partial charge in [0.25, 0.3) is 0 Å². The number of methoxy groups -OCH3 is 1. The summed E-state index contributed by atoms with van der Waals surface area (Å²) in [7, 11) is 1.64. The second-order valence-corrected chi connectivity index (χ2v) is 6.44. The van der Waals surface area contributed by atoms with Crippen LogP contribution in [-0.4, -0.2) is 18.7 Å². The van der Waals surface area contributed by atoms with Gasteiger partial charge in [-0.2, -0.15) is 0 Å². The molecule has 0 bridgehead atoms. The highest BCUT2D eigenvalue weighted by Gasteiger charge is 2.19. The first-order valence-corrected chi connectivity index (χ1v) is 7.24. The van der Waals surface area contributed by atoms with E-state index in [0.717, 1.165) is 19.3 Å². The molecule has 0 saturated heterocycles. The Morgan fingerprint density at radius 3 is 2.74 bits per heavy atom. The third-order valence-electron chi connectivity index (χ3n) is 2.29. The van der Waals surface area contributed by atoms with Crippen molar-refractivity contribution >= 4 is 17.3 Å². The number of hydrogen-bond acceptors (Lipinski definition) is 4. The van der Waals surface area contributed by atoms with Gasteiger partial charge in [0, 0.05) is 4.88 Å². The van der Waals surface area contributed by atoms with Crippen molar-refractivity contribution in [3.05, 3.63) is 34.2 Å². The maximum absolute atomic E-state index is 11.8. The molecular weight excluding hydrogens is 260 g/mol. The highest BCUT2D eigenvalue weighted by molar-refractivity contribution is 7.13. The highest BCUT2D eigenvalue weighted by Crippen LogP contribution is 2.21. The van der Waals surface area contributed by atoms with Gasteiger partial charge in [-0.05, 0) is 58.2 Å². The van der Waals surface area contributed by atoms with Gasteiger partial charge in [-0.25, -0.2) is 4.79 Å². The lowest BCUT2D eigenvalue weighted by molar-refractivity contribution is 0.00752. The Kier molecular flexibility index (Phi) is 6.09. The summed E-state index contributed by atoms with van der Waals surface area (Å²) in [5, 5.41) is 0. The number of hydrogen-bond donors (Lipinski definition) is 0. The predicted octanol–water partition coefficient (Wildman–Crippen LogP) is 4.19. The van der Waals surface area contributed by atoms with E-state index in [1.807, 2.05) is 39.0 Å². The van der Waals surface area contributed by atoms with E-state index in [1.54, 1.807) is 13.4 Å². The predicted molar refractivity (Wildman–Crippen MR) is 78.6 cm³/mol. The molecule has 1 aromatic rings. The SMILES string of the molecule is COC=CCCCc1ccc(C(=O)OC(C)(C)C)s1. The summed E-state index contributed by atoms with van der Waals surface area (Å²) >= 11 is 1.52. The maximum Gasteiger partial charge on any atom is 0.348 e. The standard InChI is InChI=1S/C15H22O3S/c1-15(2,3)18-14(16)13-10-9-12(19-13)8-6-5-7-11-17-4/h7,9-11H,5-6,8H2,1-4H3. The number of unbranched alkanes of at least 4 members (excludes halogenated alkanes) is 1. The van der Waals surface area contributed by atoms with E-state index in [2.05, 4.69) is 0 Å². The van der Waals surface area contributed by atoms with Crippen LogP contribution in [0.1, 0.15) is 48.2 Å². The summed E-state index contributed by atoms with van der Waals surface area (Å²) < 4.78 is 10.2. The molecule has 19 heavy (non-hydrogen) atoms. The van der Waals surface area contributed by atoms with Crippen LogP contribution in [0.5, 0.6) is 0 Å². The average molecular weight is 282 g/mol. The first kappa shape index (κ1) is 15.8. The van der Waals surface area contributed by atoms with Crippen molar-refractivity contribution in [1.29, 1.82) is 0 Å². The number of rotatable bonds is 6. The monoisotopic (exact) mass is 282 g/mol. The third-order valence-corrected chi connectivity index (χ3v) is 3.41. The maximum atomic E-state index is 11.8. The number of thiophene rings is 1. The molecular formula is C15H22O3S. The second kappa shape index (κ2) is 7.34. The topological polar surface area (TPSA) is 35.5 Å². The fourth-order valence-electron chi connectivity index (χ4n) is 1.51. The molecule has 0 N–H and O–H groups in total. The molecule has 0 radical (unpaired) electrons. The molecule has 0 aliphatic rings. The Labute approximate surface area is 119 Å².